The molecular formula is C14H16N2O2. The molecule has 0 aromatic carbocycles. The molecule has 1 aliphatic heterocycles. The van der Waals surface area contributed by atoms with Crippen molar-refractivity contribution in [1.29, 1.82) is 0 Å². The second kappa shape index (κ2) is 4.96. The first-order valence-corrected chi connectivity index (χ1v) is 5.73. The van der Waals surface area contributed by atoms with Gasteiger partial charge in [-0.25, -0.2) is 4.79 Å². The van der Waals surface area contributed by atoms with E-state index in [9.17, 15) is 4.79 Å². The fourth-order valence-corrected chi connectivity index (χ4v) is 1.98. The number of hydrogen-bond donors (Lipinski definition) is 1. The molecule has 0 fully saturated rings. The van der Waals surface area contributed by atoms with E-state index < -0.39 is 0 Å². The van der Waals surface area contributed by atoms with Crippen LogP contribution in [0.3, 0.4) is 0 Å². The Balaban J connectivity index is 2.61. The first kappa shape index (κ1) is 12.2. The van der Waals surface area contributed by atoms with E-state index in [0.29, 0.717) is 5.70 Å². The summed E-state index contributed by atoms with van der Waals surface area (Å²) >= 11 is 0. The molecule has 18 heavy (non-hydrogen) atoms. The molecule has 94 valence electrons. The van der Waals surface area contributed by atoms with Crippen LogP contribution >= 0.6 is 0 Å². The Morgan fingerprint density at radius 2 is 1.89 bits per heavy atom. The number of ether oxygens (including phenoxy) is 1. The lowest BCUT2D eigenvalue weighted by Gasteiger charge is -2.17. The van der Waals surface area contributed by atoms with Gasteiger partial charge in [-0.05, 0) is 38.1 Å². The van der Waals surface area contributed by atoms with Crippen molar-refractivity contribution >= 4 is 11.7 Å². The van der Waals surface area contributed by atoms with Gasteiger partial charge in [-0.3, -0.25) is 0 Å². The van der Waals surface area contributed by atoms with Crippen molar-refractivity contribution in [2.75, 3.05) is 7.11 Å². The van der Waals surface area contributed by atoms with Gasteiger partial charge >= 0.3 is 5.97 Å². The molecule has 2 heterocycles. The van der Waals surface area contributed by atoms with Gasteiger partial charge in [-0.1, -0.05) is 6.08 Å². The van der Waals surface area contributed by atoms with E-state index in [1.165, 1.54) is 7.11 Å². The highest BCUT2D eigenvalue weighted by Crippen LogP contribution is 2.20. The number of aryl methyl sites for hydroxylation is 2. The predicted molar refractivity (Wildman–Crippen MR) is 70.6 cm³/mol. The third-order valence-electron chi connectivity index (χ3n) is 2.84. The summed E-state index contributed by atoms with van der Waals surface area (Å²) in [6.07, 6.45) is 7.38. The minimum absolute atomic E-state index is 0.361. The molecule has 4 nitrogen and oxygen atoms in total. The Bertz CT molecular complexity index is 543. The van der Waals surface area contributed by atoms with E-state index in [-0.39, 0.29) is 5.97 Å². The molecule has 0 unspecified atom stereocenters. The molecule has 0 saturated heterocycles. The lowest BCUT2D eigenvalue weighted by Crippen LogP contribution is -2.20. The third-order valence-corrected chi connectivity index (χ3v) is 2.84. The maximum Gasteiger partial charge on any atom is 0.357 e. The molecule has 1 aliphatic rings. The summed E-state index contributed by atoms with van der Waals surface area (Å²) in [6, 6.07) is 3.95. The number of carbonyl (C=O) groups is 1. The lowest BCUT2D eigenvalue weighted by molar-refractivity contribution is -0.134. The number of hydrogen-bond acceptors (Lipinski definition) is 3. The predicted octanol–water partition coefficient (Wildman–Crippen LogP) is 2.12. The van der Waals surface area contributed by atoms with E-state index in [4.69, 9.17) is 4.74 Å². The summed E-state index contributed by atoms with van der Waals surface area (Å²) in [5.41, 5.74) is 3.21. The summed E-state index contributed by atoms with van der Waals surface area (Å²) in [4.78, 5) is 12.0. The molecule has 1 aromatic heterocycles. The first-order chi connectivity index (χ1) is 8.65. The van der Waals surface area contributed by atoms with Crippen LogP contribution in [-0.4, -0.2) is 17.6 Å². The van der Waals surface area contributed by atoms with Gasteiger partial charge in [-0.15, -0.1) is 0 Å². The minimum Gasteiger partial charge on any atom is -0.464 e. The number of methoxy groups -OCH3 is 1. The standard InChI is InChI=1S/C14H16N2O2/c1-10-7-8-11(2)16(10)13(14(17)18-3)12-6-4-5-9-15-12/h4-9,15H,1-3H3/b13-12+. The van der Waals surface area contributed by atoms with Gasteiger partial charge in [0.15, 0.2) is 5.70 Å². The number of allylic oxidation sites excluding steroid dienone is 3. The number of nitrogens with one attached hydrogen (secondary N) is 1. The largest absolute Gasteiger partial charge is 0.464 e. The minimum atomic E-state index is -0.361. The van der Waals surface area contributed by atoms with Gasteiger partial charge in [0.25, 0.3) is 0 Å². The van der Waals surface area contributed by atoms with Gasteiger partial charge < -0.3 is 14.6 Å². The van der Waals surface area contributed by atoms with Crippen LogP contribution in [0.25, 0.3) is 5.70 Å². The zero-order valence-corrected chi connectivity index (χ0v) is 10.7. The number of dihydropyridines is 1. The maximum atomic E-state index is 12.0. The van der Waals surface area contributed by atoms with E-state index in [0.717, 1.165) is 17.1 Å². The van der Waals surface area contributed by atoms with Gasteiger partial charge in [0.1, 0.15) is 0 Å². The van der Waals surface area contributed by atoms with Crippen LogP contribution in [0.15, 0.2) is 42.3 Å². The third kappa shape index (κ3) is 2.09. The van der Waals surface area contributed by atoms with E-state index in [1.54, 1.807) is 6.20 Å². The maximum absolute atomic E-state index is 12.0. The molecule has 2 rings (SSSR count). The average molecular weight is 244 g/mol. The van der Waals surface area contributed by atoms with Crippen molar-refractivity contribution in [2.45, 2.75) is 13.8 Å². The van der Waals surface area contributed by atoms with E-state index in [1.807, 2.05) is 48.8 Å². The van der Waals surface area contributed by atoms with Crippen LogP contribution < -0.4 is 5.32 Å². The van der Waals surface area contributed by atoms with Crippen molar-refractivity contribution in [1.82, 2.24) is 9.88 Å². The fourth-order valence-electron chi connectivity index (χ4n) is 1.98. The molecule has 1 aromatic rings. The summed E-state index contributed by atoms with van der Waals surface area (Å²) in [5.74, 6) is -0.361. The van der Waals surface area contributed by atoms with Crippen molar-refractivity contribution in [2.24, 2.45) is 0 Å². The van der Waals surface area contributed by atoms with Crippen LogP contribution in [0.1, 0.15) is 11.4 Å². The van der Waals surface area contributed by atoms with Gasteiger partial charge in [0, 0.05) is 17.6 Å². The van der Waals surface area contributed by atoms with E-state index >= 15 is 0 Å². The first-order valence-electron chi connectivity index (χ1n) is 5.73. The smallest absolute Gasteiger partial charge is 0.357 e. The highest BCUT2D eigenvalue weighted by Gasteiger charge is 2.20. The quantitative estimate of drug-likeness (QED) is 0.640. The highest BCUT2D eigenvalue weighted by molar-refractivity contribution is 6.12. The number of nitrogens with zero attached hydrogens (tertiary/aromatic N) is 1. The number of esters is 1. The van der Waals surface area contributed by atoms with Crippen LogP contribution in [0.4, 0.5) is 0 Å². The topological polar surface area (TPSA) is 43.3 Å². The lowest BCUT2D eigenvalue weighted by atomic mass is 10.2. The molecule has 0 aliphatic carbocycles. The summed E-state index contributed by atoms with van der Waals surface area (Å²) in [5, 5.41) is 3.07. The van der Waals surface area contributed by atoms with Crippen LogP contribution in [0, 0.1) is 13.8 Å². The average Bonchev–Trinajstić information content (AvgIpc) is 2.72. The molecule has 0 saturated carbocycles. The fraction of sp³-hybridized carbons (Fsp3) is 0.214. The highest BCUT2D eigenvalue weighted by atomic mass is 16.5. The Morgan fingerprint density at radius 1 is 1.22 bits per heavy atom. The van der Waals surface area contributed by atoms with Crippen LogP contribution in [0.5, 0.6) is 0 Å². The van der Waals surface area contributed by atoms with Crippen molar-refractivity contribution in [3.63, 3.8) is 0 Å². The van der Waals surface area contributed by atoms with E-state index in [2.05, 4.69) is 5.32 Å². The SMILES string of the molecule is COC(=O)/C(=C1/C=CC=CN1)n1c(C)ccc1C. The molecular weight excluding hydrogens is 228 g/mol. The van der Waals surface area contributed by atoms with Crippen LogP contribution in [0.2, 0.25) is 0 Å². The summed E-state index contributed by atoms with van der Waals surface area (Å²) in [7, 11) is 1.39. The van der Waals surface area contributed by atoms with Crippen molar-refractivity contribution in [3.05, 3.63) is 53.6 Å². The molecule has 0 radical (unpaired) electrons. The monoisotopic (exact) mass is 244 g/mol. The van der Waals surface area contributed by atoms with Gasteiger partial charge in [0.05, 0.1) is 12.8 Å². The zero-order valence-electron chi connectivity index (χ0n) is 10.7. The Labute approximate surface area is 106 Å². The molecule has 1 N–H and O–H groups in total. The summed E-state index contributed by atoms with van der Waals surface area (Å²) in [6.45, 7) is 3.91. The molecule has 0 spiro atoms. The van der Waals surface area contributed by atoms with Gasteiger partial charge in [0.2, 0.25) is 0 Å². The Hall–Kier alpha value is -2.23. The summed E-state index contributed by atoms with van der Waals surface area (Å²) < 4.78 is 6.77. The van der Waals surface area contributed by atoms with Gasteiger partial charge in [-0.2, -0.15) is 0 Å². The van der Waals surface area contributed by atoms with Crippen molar-refractivity contribution < 1.29 is 9.53 Å². The zero-order chi connectivity index (χ0) is 13.1. The number of carbonyl (C=O) groups excluding carboxylic acids is 1. The second-order valence-electron chi connectivity index (χ2n) is 4.07. The number of aromatic nitrogens is 1. The Morgan fingerprint density at radius 3 is 2.39 bits per heavy atom. The molecule has 4 heteroatoms. The number of rotatable bonds is 2. The normalized spacial score (nSPS) is 16.4. The molecule has 0 amide bonds. The second-order valence-corrected chi connectivity index (χ2v) is 4.07. The Kier molecular flexibility index (Phi) is 3.37. The van der Waals surface area contributed by atoms with Crippen LogP contribution in [-0.2, 0) is 9.53 Å². The molecule has 0 bridgehead atoms. The van der Waals surface area contributed by atoms with Crippen molar-refractivity contribution in [3.8, 4) is 0 Å². The molecule has 0 atom stereocenters.